The molecule has 0 fully saturated rings. The third-order valence-corrected chi connectivity index (χ3v) is 3.32. The van der Waals surface area contributed by atoms with Crippen molar-refractivity contribution in [2.45, 2.75) is 6.54 Å². The quantitative estimate of drug-likeness (QED) is 0.789. The van der Waals surface area contributed by atoms with Crippen LogP contribution in [0, 0.1) is 11.6 Å². The molecule has 0 aliphatic rings. The lowest BCUT2D eigenvalue weighted by atomic mass is 10.2. The smallest absolute Gasteiger partial charge is 0.267 e. The van der Waals surface area contributed by atoms with Crippen LogP contribution in [-0.4, -0.2) is 20.7 Å². The van der Waals surface area contributed by atoms with Crippen LogP contribution in [0.2, 0.25) is 0 Å². The molecule has 8 heteroatoms. The Morgan fingerprint density at radius 2 is 1.96 bits per heavy atom. The predicted molar refractivity (Wildman–Crippen MR) is 86.7 cm³/mol. The number of benzene rings is 1. The summed E-state index contributed by atoms with van der Waals surface area (Å²) in [5.41, 5.74) is 0.791. The summed E-state index contributed by atoms with van der Waals surface area (Å²) in [6, 6.07) is 9.30. The van der Waals surface area contributed by atoms with Gasteiger partial charge in [-0.3, -0.25) is 14.6 Å². The van der Waals surface area contributed by atoms with Crippen LogP contribution in [-0.2, 0) is 11.3 Å². The molecule has 126 valence electrons. The lowest BCUT2D eigenvalue weighted by Gasteiger charge is -2.08. The maximum absolute atomic E-state index is 13.2. The molecule has 2 aromatic heterocycles. The second-order valence-corrected chi connectivity index (χ2v) is 5.13. The van der Waals surface area contributed by atoms with Crippen molar-refractivity contribution in [2.24, 2.45) is 0 Å². The van der Waals surface area contributed by atoms with Crippen molar-refractivity contribution in [3.8, 4) is 11.3 Å². The number of anilines is 1. The first-order chi connectivity index (χ1) is 12.0. The van der Waals surface area contributed by atoms with E-state index in [1.54, 1.807) is 24.5 Å². The average Bonchev–Trinajstić information content (AvgIpc) is 2.61. The zero-order valence-corrected chi connectivity index (χ0v) is 12.8. The van der Waals surface area contributed by atoms with Crippen LogP contribution in [0.3, 0.4) is 0 Å². The summed E-state index contributed by atoms with van der Waals surface area (Å²) in [6.45, 7) is -0.369. The van der Waals surface area contributed by atoms with Gasteiger partial charge >= 0.3 is 0 Å². The molecular weight excluding hydrogens is 330 g/mol. The molecule has 0 saturated heterocycles. The number of carbonyl (C=O) groups excluding carboxylic acids is 1. The van der Waals surface area contributed by atoms with Gasteiger partial charge in [-0.15, -0.1) is 0 Å². The van der Waals surface area contributed by atoms with Crippen molar-refractivity contribution in [3.63, 3.8) is 0 Å². The van der Waals surface area contributed by atoms with E-state index >= 15 is 0 Å². The molecule has 3 aromatic rings. The van der Waals surface area contributed by atoms with Gasteiger partial charge in [-0.25, -0.2) is 13.5 Å². The Kier molecular flexibility index (Phi) is 4.60. The van der Waals surface area contributed by atoms with Crippen molar-refractivity contribution in [2.75, 3.05) is 5.32 Å². The Hall–Kier alpha value is -3.42. The van der Waals surface area contributed by atoms with Crippen molar-refractivity contribution in [1.29, 1.82) is 0 Å². The van der Waals surface area contributed by atoms with Gasteiger partial charge in [0, 0.05) is 35.8 Å². The van der Waals surface area contributed by atoms with Crippen LogP contribution in [0.5, 0.6) is 0 Å². The topological polar surface area (TPSA) is 76.9 Å². The fourth-order valence-corrected chi connectivity index (χ4v) is 2.14. The number of pyridine rings is 1. The van der Waals surface area contributed by atoms with Gasteiger partial charge in [-0.1, -0.05) is 0 Å². The van der Waals surface area contributed by atoms with E-state index in [9.17, 15) is 18.4 Å². The van der Waals surface area contributed by atoms with E-state index in [1.165, 1.54) is 18.2 Å². The number of nitrogens with zero attached hydrogens (tertiary/aromatic N) is 3. The summed E-state index contributed by atoms with van der Waals surface area (Å²) >= 11 is 0. The highest BCUT2D eigenvalue weighted by atomic mass is 19.2. The molecule has 1 aromatic carbocycles. The van der Waals surface area contributed by atoms with Gasteiger partial charge in [0.05, 0.1) is 5.69 Å². The number of carbonyl (C=O) groups is 1. The Bertz CT molecular complexity index is 974. The van der Waals surface area contributed by atoms with Gasteiger partial charge in [0.1, 0.15) is 6.54 Å². The SMILES string of the molecule is O=C(Cn1nc(-c2cccnc2)ccc1=O)Nc1ccc(F)c(F)c1. The van der Waals surface area contributed by atoms with Crippen molar-refractivity contribution in [3.05, 3.63) is 76.8 Å². The second kappa shape index (κ2) is 7.00. The van der Waals surface area contributed by atoms with Gasteiger partial charge in [0.15, 0.2) is 11.6 Å². The molecule has 3 rings (SSSR count). The predicted octanol–water partition coefficient (Wildman–Crippen LogP) is 2.22. The van der Waals surface area contributed by atoms with Crippen LogP contribution < -0.4 is 10.9 Å². The molecule has 0 spiro atoms. The van der Waals surface area contributed by atoms with Gasteiger partial charge in [-0.2, -0.15) is 5.10 Å². The largest absolute Gasteiger partial charge is 0.324 e. The first kappa shape index (κ1) is 16.4. The molecule has 6 nitrogen and oxygen atoms in total. The fourth-order valence-electron chi connectivity index (χ4n) is 2.14. The molecule has 0 radical (unpaired) electrons. The highest BCUT2D eigenvalue weighted by Gasteiger charge is 2.10. The summed E-state index contributed by atoms with van der Waals surface area (Å²) in [5.74, 6) is -2.68. The molecule has 2 heterocycles. The normalized spacial score (nSPS) is 10.5. The molecule has 0 aliphatic heterocycles. The van der Waals surface area contributed by atoms with Crippen molar-refractivity contribution < 1.29 is 13.6 Å². The molecule has 0 saturated carbocycles. The van der Waals surface area contributed by atoms with E-state index in [0.29, 0.717) is 11.3 Å². The molecule has 0 bridgehead atoms. The molecule has 1 N–H and O–H groups in total. The van der Waals surface area contributed by atoms with E-state index in [-0.39, 0.29) is 12.2 Å². The Balaban J connectivity index is 1.79. The lowest BCUT2D eigenvalue weighted by Crippen LogP contribution is -2.29. The van der Waals surface area contributed by atoms with Gasteiger partial charge < -0.3 is 5.32 Å². The van der Waals surface area contributed by atoms with Crippen LogP contribution in [0.25, 0.3) is 11.3 Å². The summed E-state index contributed by atoms with van der Waals surface area (Å²) in [6.07, 6.45) is 3.19. The average molecular weight is 342 g/mol. The molecule has 0 aliphatic carbocycles. The Labute approximate surface area is 140 Å². The van der Waals surface area contributed by atoms with Gasteiger partial charge in [0.2, 0.25) is 5.91 Å². The summed E-state index contributed by atoms with van der Waals surface area (Å²) in [5, 5.41) is 6.51. The van der Waals surface area contributed by atoms with E-state index in [2.05, 4.69) is 15.4 Å². The number of amides is 1. The highest BCUT2D eigenvalue weighted by Crippen LogP contribution is 2.14. The standard InChI is InChI=1S/C17H12F2N4O2/c18-13-4-3-12(8-14(13)19)21-16(24)10-23-17(25)6-5-15(22-23)11-2-1-7-20-9-11/h1-9H,10H2,(H,21,24). The Morgan fingerprint density at radius 3 is 2.68 bits per heavy atom. The minimum absolute atomic E-state index is 0.0837. The number of rotatable bonds is 4. The monoisotopic (exact) mass is 342 g/mol. The third-order valence-electron chi connectivity index (χ3n) is 3.32. The van der Waals surface area contributed by atoms with Gasteiger partial charge in [0.25, 0.3) is 5.56 Å². The number of hydrogen-bond acceptors (Lipinski definition) is 4. The maximum atomic E-state index is 13.2. The maximum Gasteiger partial charge on any atom is 0.267 e. The van der Waals surface area contributed by atoms with E-state index < -0.39 is 23.1 Å². The molecule has 1 amide bonds. The minimum Gasteiger partial charge on any atom is -0.324 e. The van der Waals surface area contributed by atoms with Crippen LogP contribution in [0.1, 0.15) is 0 Å². The van der Waals surface area contributed by atoms with Crippen LogP contribution >= 0.6 is 0 Å². The summed E-state index contributed by atoms with van der Waals surface area (Å²) in [7, 11) is 0. The third kappa shape index (κ3) is 3.92. The summed E-state index contributed by atoms with van der Waals surface area (Å²) in [4.78, 5) is 27.9. The van der Waals surface area contributed by atoms with E-state index in [0.717, 1.165) is 16.8 Å². The van der Waals surface area contributed by atoms with Crippen LogP contribution in [0.15, 0.2) is 59.7 Å². The van der Waals surface area contributed by atoms with E-state index in [4.69, 9.17) is 0 Å². The molecule has 0 unspecified atom stereocenters. The minimum atomic E-state index is -1.08. The highest BCUT2D eigenvalue weighted by molar-refractivity contribution is 5.90. The number of halogens is 2. The lowest BCUT2D eigenvalue weighted by molar-refractivity contribution is -0.117. The Morgan fingerprint density at radius 1 is 1.12 bits per heavy atom. The summed E-state index contributed by atoms with van der Waals surface area (Å²) < 4.78 is 27.0. The van der Waals surface area contributed by atoms with E-state index in [1.807, 2.05) is 0 Å². The molecule has 0 atom stereocenters. The fraction of sp³-hybridized carbons (Fsp3) is 0.0588. The molecule has 25 heavy (non-hydrogen) atoms. The van der Waals surface area contributed by atoms with Gasteiger partial charge in [-0.05, 0) is 30.3 Å². The number of aromatic nitrogens is 3. The number of hydrogen-bond donors (Lipinski definition) is 1. The first-order valence-electron chi connectivity index (χ1n) is 7.26. The number of nitrogens with one attached hydrogen (secondary N) is 1. The zero-order chi connectivity index (χ0) is 17.8. The van der Waals surface area contributed by atoms with Crippen molar-refractivity contribution >= 4 is 11.6 Å². The second-order valence-electron chi connectivity index (χ2n) is 5.13. The zero-order valence-electron chi connectivity index (χ0n) is 12.8. The first-order valence-corrected chi connectivity index (χ1v) is 7.26. The van der Waals surface area contributed by atoms with Crippen LogP contribution in [0.4, 0.5) is 14.5 Å². The molecular formula is C17H12F2N4O2. The van der Waals surface area contributed by atoms with Crippen molar-refractivity contribution in [1.82, 2.24) is 14.8 Å².